The molecule has 1 N–H and O–H groups in total. The van der Waals surface area contributed by atoms with Gasteiger partial charge in [-0.05, 0) is 89.3 Å². The highest BCUT2D eigenvalue weighted by atomic mass is 79.9. The lowest BCUT2D eigenvalue weighted by Crippen LogP contribution is -2.39. The summed E-state index contributed by atoms with van der Waals surface area (Å²) in [6.07, 6.45) is 3.57. The number of ether oxygens (including phenoxy) is 1. The molecule has 4 aliphatic rings. The lowest BCUT2D eigenvalue weighted by atomic mass is 9.59. The predicted octanol–water partition coefficient (Wildman–Crippen LogP) is 6.85. The Morgan fingerprint density at radius 1 is 0.896 bits per heavy atom. The number of ketones is 2. The molecule has 0 spiro atoms. The summed E-state index contributed by atoms with van der Waals surface area (Å²) in [6.45, 7) is 0. The van der Waals surface area contributed by atoms with Crippen LogP contribution in [0.1, 0.15) is 24.3 Å². The molecule has 3 aromatic carbocycles. The van der Waals surface area contributed by atoms with Crippen molar-refractivity contribution in [1.29, 1.82) is 0 Å². The van der Waals surface area contributed by atoms with Crippen molar-refractivity contribution in [3.05, 3.63) is 106 Å². The minimum Gasteiger partial charge on any atom is -0.504 e. The summed E-state index contributed by atoms with van der Waals surface area (Å²) >= 11 is 3.24. The molecule has 10 nitrogen and oxygen atoms in total. The molecule has 1 aliphatic heterocycles. The number of azo groups is 1. The third-order valence-corrected chi connectivity index (χ3v) is 10.2. The second kappa shape index (κ2) is 12.1. The molecule has 0 saturated carbocycles. The average Bonchev–Trinajstić information content (AvgIpc) is 3.35. The zero-order chi connectivity index (χ0) is 33.9. The van der Waals surface area contributed by atoms with Crippen molar-refractivity contribution in [3.63, 3.8) is 0 Å². The van der Waals surface area contributed by atoms with Gasteiger partial charge < -0.3 is 14.7 Å². The molecule has 1 heterocycles. The number of methoxy groups -OCH3 is 1. The SMILES string of the molecule is COc1cccc(C2C3=CCC4C(=O)N(c5ccc(N=Nc6ccc(N(C)C)cc6)cc5)C(=O)C4C3CC3=C2C(=O)C=C(Br)C3=O)c1O. The van der Waals surface area contributed by atoms with Crippen LogP contribution in [0.25, 0.3) is 0 Å². The average molecular weight is 708 g/mol. The molecular formula is C37H31BrN4O6. The molecule has 0 aromatic heterocycles. The first-order valence-corrected chi connectivity index (χ1v) is 16.3. The molecule has 11 heteroatoms. The van der Waals surface area contributed by atoms with E-state index in [2.05, 4.69) is 26.2 Å². The maximum Gasteiger partial charge on any atom is 0.238 e. The second-order valence-electron chi connectivity index (χ2n) is 12.4. The van der Waals surface area contributed by atoms with Crippen molar-refractivity contribution in [1.82, 2.24) is 0 Å². The zero-order valence-electron chi connectivity index (χ0n) is 26.4. The molecule has 48 heavy (non-hydrogen) atoms. The number of phenolic OH excluding ortho intramolecular Hbond substituents is 1. The Balaban J connectivity index is 1.21. The second-order valence-corrected chi connectivity index (χ2v) is 13.3. The van der Waals surface area contributed by atoms with Crippen LogP contribution in [0.4, 0.5) is 22.7 Å². The number of benzene rings is 3. The number of carbonyl (C=O) groups excluding carboxylic acids is 4. The van der Waals surface area contributed by atoms with Crippen LogP contribution in [-0.2, 0) is 19.2 Å². The normalized spacial score (nSPS) is 23.5. The number of amides is 2. The Morgan fingerprint density at radius 3 is 2.21 bits per heavy atom. The minimum atomic E-state index is -0.788. The van der Waals surface area contributed by atoms with Gasteiger partial charge >= 0.3 is 0 Å². The van der Waals surface area contributed by atoms with Gasteiger partial charge in [0, 0.05) is 48.5 Å². The summed E-state index contributed by atoms with van der Waals surface area (Å²) in [5, 5.41) is 19.8. The van der Waals surface area contributed by atoms with E-state index in [9.17, 15) is 24.3 Å². The molecular weight excluding hydrogens is 676 g/mol. The highest BCUT2D eigenvalue weighted by Crippen LogP contribution is 2.57. The van der Waals surface area contributed by atoms with Crippen molar-refractivity contribution >= 4 is 62.1 Å². The van der Waals surface area contributed by atoms with Crippen LogP contribution in [0.3, 0.4) is 0 Å². The Hall–Kier alpha value is -5.16. The van der Waals surface area contributed by atoms with Crippen molar-refractivity contribution in [2.24, 2.45) is 28.0 Å². The highest BCUT2D eigenvalue weighted by Gasteiger charge is 2.57. The molecule has 7 rings (SSSR count). The maximum atomic E-state index is 14.2. The molecule has 3 aromatic rings. The number of anilines is 2. The first-order chi connectivity index (χ1) is 23.1. The van der Waals surface area contributed by atoms with Gasteiger partial charge in [0.2, 0.25) is 11.8 Å². The van der Waals surface area contributed by atoms with E-state index in [1.165, 1.54) is 18.1 Å². The number of imide groups is 1. The van der Waals surface area contributed by atoms with E-state index in [0.717, 1.165) is 11.3 Å². The largest absolute Gasteiger partial charge is 0.504 e. The quantitative estimate of drug-likeness (QED) is 0.129. The Kier molecular flexibility index (Phi) is 7.95. The van der Waals surface area contributed by atoms with Gasteiger partial charge in [-0.3, -0.25) is 24.1 Å². The van der Waals surface area contributed by atoms with Crippen molar-refractivity contribution in [3.8, 4) is 11.5 Å². The molecule has 2 amide bonds. The van der Waals surface area contributed by atoms with Crippen LogP contribution in [0, 0.1) is 17.8 Å². The van der Waals surface area contributed by atoms with E-state index in [1.54, 1.807) is 42.5 Å². The van der Waals surface area contributed by atoms with E-state index in [4.69, 9.17) is 4.74 Å². The molecule has 0 radical (unpaired) electrons. The van der Waals surface area contributed by atoms with Crippen molar-refractivity contribution in [2.75, 3.05) is 31.0 Å². The monoisotopic (exact) mass is 706 g/mol. The Morgan fingerprint density at radius 2 is 1.56 bits per heavy atom. The van der Waals surface area contributed by atoms with Gasteiger partial charge in [0.1, 0.15) is 0 Å². The zero-order valence-corrected chi connectivity index (χ0v) is 28.0. The third kappa shape index (κ3) is 5.09. The lowest BCUT2D eigenvalue weighted by Gasteiger charge is -2.42. The smallest absolute Gasteiger partial charge is 0.238 e. The summed E-state index contributed by atoms with van der Waals surface area (Å²) in [5.41, 5.74) is 4.41. The molecule has 3 aliphatic carbocycles. The number of para-hydroxylation sites is 1. The van der Waals surface area contributed by atoms with Crippen LogP contribution >= 0.6 is 15.9 Å². The number of Topliss-reactive ketones (excluding diaryl/α,β-unsaturated/α-hetero) is 1. The fourth-order valence-corrected chi connectivity index (χ4v) is 7.80. The van der Waals surface area contributed by atoms with Crippen LogP contribution in [0.5, 0.6) is 11.5 Å². The summed E-state index contributed by atoms with van der Waals surface area (Å²) in [4.78, 5) is 58.3. The number of fused-ring (bicyclic) bond motifs is 3. The Labute approximate surface area is 285 Å². The summed E-state index contributed by atoms with van der Waals surface area (Å²) in [6, 6.07) is 19.4. The fourth-order valence-electron chi connectivity index (χ4n) is 7.35. The van der Waals surface area contributed by atoms with Crippen molar-refractivity contribution < 1.29 is 29.0 Å². The van der Waals surface area contributed by atoms with Crippen LogP contribution in [0.2, 0.25) is 0 Å². The van der Waals surface area contributed by atoms with E-state index in [-0.39, 0.29) is 63.4 Å². The first-order valence-electron chi connectivity index (χ1n) is 15.5. The van der Waals surface area contributed by atoms with Gasteiger partial charge in [-0.1, -0.05) is 23.8 Å². The lowest BCUT2D eigenvalue weighted by molar-refractivity contribution is -0.123. The number of nitrogens with zero attached hydrogens (tertiary/aromatic N) is 4. The standard InChI is InChI=1S/C37H31BrN4O6/c1-41(2)21-11-7-19(8-12-21)39-40-20-9-13-22(14-10-20)42-36(46)25-16-15-23-26(32(25)37(42)47)17-27-33(29(43)18-28(38)34(27)44)31(23)24-5-4-6-30(48-3)35(24)45/h4-15,18,25-26,31-32,45H,16-17H2,1-3H3. The summed E-state index contributed by atoms with van der Waals surface area (Å²) in [7, 11) is 5.36. The number of allylic oxidation sites excluding steroid dienone is 6. The number of halogens is 1. The third-order valence-electron chi connectivity index (χ3n) is 9.65. The van der Waals surface area contributed by atoms with Crippen LogP contribution in [-0.4, -0.2) is 49.7 Å². The summed E-state index contributed by atoms with van der Waals surface area (Å²) < 4.78 is 5.50. The number of hydrogen-bond donors (Lipinski definition) is 1. The number of aromatic hydroxyl groups is 1. The van der Waals surface area contributed by atoms with Crippen molar-refractivity contribution in [2.45, 2.75) is 18.8 Å². The molecule has 1 saturated heterocycles. The Bertz CT molecular complexity index is 2010. The van der Waals surface area contributed by atoms with Gasteiger partial charge in [-0.15, -0.1) is 0 Å². The number of hydrogen-bond acceptors (Lipinski definition) is 9. The van der Waals surface area contributed by atoms with E-state index < -0.39 is 23.7 Å². The minimum absolute atomic E-state index is 0.124. The van der Waals surface area contributed by atoms with Gasteiger partial charge in [0.25, 0.3) is 0 Å². The number of rotatable bonds is 6. The molecule has 242 valence electrons. The van der Waals surface area contributed by atoms with Gasteiger partial charge in [-0.2, -0.15) is 10.2 Å². The highest BCUT2D eigenvalue weighted by molar-refractivity contribution is 9.12. The van der Waals surface area contributed by atoms with E-state index in [0.29, 0.717) is 22.6 Å². The molecule has 0 bridgehead atoms. The van der Waals surface area contributed by atoms with E-state index >= 15 is 0 Å². The van der Waals surface area contributed by atoms with Gasteiger partial charge in [0.15, 0.2) is 23.1 Å². The summed E-state index contributed by atoms with van der Waals surface area (Å²) in [5.74, 6) is -4.00. The molecule has 4 atom stereocenters. The molecule has 4 unspecified atom stereocenters. The van der Waals surface area contributed by atoms with Gasteiger partial charge in [-0.25, -0.2) is 0 Å². The predicted molar refractivity (Wildman–Crippen MR) is 183 cm³/mol. The van der Waals surface area contributed by atoms with Crippen LogP contribution < -0.4 is 14.5 Å². The molecule has 1 fully saturated rings. The first kappa shape index (κ1) is 31.4. The van der Waals surface area contributed by atoms with E-state index in [1.807, 2.05) is 49.3 Å². The number of phenols is 1. The number of carbonyl (C=O) groups is 4. The van der Waals surface area contributed by atoms with Gasteiger partial charge in [0.05, 0.1) is 40.5 Å². The fraction of sp³-hybridized carbons (Fsp3) is 0.243. The topological polar surface area (TPSA) is 129 Å². The van der Waals surface area contributed by atoms with Crippen LogP contribution in [0.15, 0.2) is 110 Å². The maximum absolute atomic E-state index is 14.2.